The van der Waals surface area contributed by atoms with Gasteiger partial charge < -0.3 is 26.6 Å². The number of aromatic hydroxyl groups is 1. The number of ketones is 4. The Hall–Kier alpha value is -3.64. The van der Waals surface area contributed by atoms with Crippen molar-refractivity contribution in [2.75, 3.05) is 26.0 Å². The molecule has 0 spiro atoms. The fourth-order valence-corrected chi connectivity index (χ4v) is 6.72. The van der Waals surface area contributed by atoms with Gasteiger partial charge in [0.15, 0.2) is 29.1 Å². The Morgan fingerprint density at radius 3 is 2.25 bits per heavy atom. The molecule has 0 aliphatic heterocycles. The van der Waals surface area contributed by atoms with Gasteiger partial charge in [-0.05, 0) is 44.0 Å². The molecule has 0 radical (unpaired) electrons. The maximum absolute atomic E-state index is 13.9. The number of amides is 3. The first-order chi connectivity index (χ1) is 18.7. The van der Waals surface area contributed by atoms with Gasteiger partial charge in [-0.1, -0.05) is 26.8 Å². The second-order valence-corrected chi connectivity index (χ2v) is 11.7. The zero-order valence-electron chi connectivity index (χ0n) is 23.1. The quantitative estimate of drug-likeness (QED) is 0.244. The Morgan fingerprint density at radius 2 is 1.68 bits per heavy atom. The number of nitrogens with zero attached hydrogens (tertiary/aromatic N) is 1. The summed E-state index contributed by atoms with van der Waals surface area (Å²) in [5, 5.41) is 27.8. The van der Waals surface area contributed by atoms with E-state index < -0.39 is 88.5 Å². The van der Waals surface area contributed by atoms with Crippen molar-refractivity contribution in [2.24, 2.45) is 41.2 Å². The average Bonchev–Trinajstić information content (AvgIpc) is 2.84. The van der Waals surface area contributed by atoms with E-state index >= 15 is 0 Å². The minimum Gasteiger partial charge on any atom is -0.505 e. The highest BCUT2D eigenvalue weighted by atomic mass is 16.3. The van der Waals surface area contributed by atoms with E-state index in [1.807, 2.05) is 13.8 Å². The van der Waals surface area contributed by atoms with E-state index in [4.69, 9.17) is 5.73 Å². The topological polar surface area (TPSA) is 196 Å². The number of phenols is 1. The SMILES string of the molecule is CC(C)CCNC(=O)Nc1ccc2c(c1O)C(=O)C1C(=O)C3C(=O)C(C(N)=O)C(=O)[C@@H](N(C)C)C3[C@@H](O)C1[C@H]2C. The summed E-state index contributed by atoms with van der Waals surface area (Å²) >= 11 is 0. The molecule has 12 nitrogen and oxygen atoms in total. The molecule has 0 saturated heterocycles. The van der Waals surface area contributed by atoms with Gasteiger partial charge in [-0.15, -0.1) is 0 Å². The van der Waals surface area contributed by atoms with Crippen molar-refractivity contribution in [1.29, 1.82) is 0 Å². The van der Waals surface area contributed by atoms with Gasteiger partial charge in [0.25, 0.3) is 0 Å². The molecule has 1 aromatic rings. The van der Waals surface area contributed by atoms with E-state index in [-0.39, 0.29) is 11.3 Å². The van der Waals surface area contributed by atoms with Crippen LogP contribution in [0, 0.1) is 35.5 Å². The third-order valence-electron chi connectivity index (χ3n) is 8.61. The van der Waals surface area contributed by atoms with Gasteiger partial charge in [-0.3, -0.25) is 28.9 Å². The number of likely N-dealkylation sites (N-methyl/N-ethyl adjacent to an activating group) is 1. The smallest absolute Gasteiger partial charge is 0.319 e. The van der Waals surface area contributed by atoms with Crippen LogP contribution in [0.25, 0.3) is 0 Å². The van der Waals surface area contributed by atoms with E-state index in [9.17, 15) is 39.0 Å². The number of hydrogen-bond acceptors (Lipinski definition) is 9. The summed E-state index contributed by atoms with van der Waals surface area (Å²) < 4.78 is 0. The lowest BCUT2D eigenvalue weighted by Gasteiger charge is -2.52. The summed E-state index contributed by atoms with van der Waals surface area (Å²) in [6.45, 7) is 6.11. The highest BCUT2D eigenvalue weighted by Gasteiger charge is 2.65. The van der Waals surface area contributed by atoms with Gasteiger partial charge in [-0.25, -0.2) is 4.79 Å². The van der Waals surface area contributed by atoms with Gasteiger partial charge in [0, 0.05) is 18.4 Å². The number of urea groups is 1. The zero-order valence-corrected chi connectivity index (χ0v) is 23.1. The summed E-state index contributed by atoms with van der Waals surface area (Å²) in [6.07, 6.45) is -0.689. The number of anilines is 1. The molecule has 4 rings (SSSR count). The molecule has 6 N–H and O–H groups in total. The third kappa shape index (κ3) is 4.58. The summed E-state index contributed by atoms with van der Waals surface area (Å²) in [5.74, 6) is -12.6. The number of rotatable bonds is 6. The Labute approximate surface area is 231 Å². The first-order valence-corrected chi connectivity index (χ1v) is 13.4. The second kappa shape index (κ2) is 10.7. The number of hydrogen-bond donors (Lipinski definition) is 5. The van der Waals surface area contributed by atoms with Crippen molar-refractivity contribution in [3.05, 3.63) is 23.3 Å². The van der Waals surface area contributed by atoms with Crippen molar-refractivity contribution in [3.63, 3.8) is 0 Å². The largest absolute Gasteiger partial charge is 0.505 e. The summed E-state index contributed by atoms with van der Waals surface area (Å²) in [4.78, 5) is 80.1. The number of benzene rings is 1. The molecule has 1 aromatic carbocycles. The number of primary amides is 1. The van der Waals surface area contributed by atoms with Crippen LogP contribution in [0.3, 0.4) is 0 Å². The summed E-state index contributed by atoms with van der Waals surface area (Å²) in [5.41, 5.74) is 5.51. The lowest BCUT2D eigenvalue weighted by molar-refractivity contribution is -0.167. The molecule has 0 aromatic heterocycles. The van der Waals surface area contributed by atoms with Crippen LogP contribution in [0.1, 0.15) is 49.0 Å². The fourth-order valence-electron chi connectivity index (χ4n) is 6.72. The van der Waals surface area contributed by atoms with Crippen molar-refractivity contribution >= 4 is 40.8 Å². The third-order valence-corrected chi connectivity index (χ3v) is 8.61. The van der Waals surface area contributed by atoms with Crippen molar-refractivity contribution < 1.29 is 39.0 Å². The first kappa shape index (κ1) is 29.3. The molecule has 12 heteroatoms. The van der Waals surface area contributed by atoms with E-state index in [0.29, 0.717) is 18.0 Å². The number of aliphatic hydroxyl groups is 1. The minimum atomic E-state index is -1.87. The van der Waals surface area contributed by atoms with Gasteiger partial charge >= 0.3 is 6.03 Å². The monoisotopic (exact) mass is 556 g/mol. The molecule has 40 heavy (non-hydrogen) atoms. The number of Topliss-reactive ketones (excluding diaryl/α,β-unsaturated/α-hetero) is 4. The molecule has 5 unspecified atom stereocenters. The molecule has 8 atom stereocenters. The average molecular weight is 557 g/mol. The molecule has 3 aliphatic carbocycles. The minimum absolute atomic E-state index is 0.0396. The van der Waals surface area contributed by atoms with Crippen molar-refractivity contribution in [2.45, 2.75) is 45.3 Å². The molecule has 0 bridgehead atoms. The second-order valence-electron chi connectivity index (χ2n) is 11.7. The number of phenolic OH excluding ortho intramolecular Hbond substituents is 1. The molecule has 2 saturated carbocycles. The number of aliphatic hydroxyl groups excluding tert-OH is 1. The van der Waals surface area contributed by atoms with Gasteiger partial charge in [0.2, 0.25) is 5.91 Å². The molecule has 3 amide bonds. The molecular weight excluding hydrogens is 520 g/mol. The van der Waals surface area contributed by atoms with E-state index in [1.54, 1.807) is 13.0 Å². The molecular formula is C28H36N4O8. The van der Waals surface area contributed by atoms with Crippen LogP contribution in [-0.2, 0) is 19.2 Å². The number of carbonyl (C=O) groups is 6. The Morgan fingerprint density at radius 1 is 1.02 bits per heavy atom. The normalized spacial score (nSPS) is 31.5. The number of nitrogens with one attached hydrogen (secondary N) is 2. The fraction of sp³-hybridized carbons (Fsp3) is 0.571. The van der Waals surface area contributed by atoms with Gasteiger partial charge in [-0.2, -0.15) is 0 Å². The predicted octanol–water partition coefficient (Wildman–Crippen LogP) is 0.452. The maximum Gasteiger partial charge on any atom is 0.319 e. The highest BCUT2D eigenvalue weighted by molar-refractivity contribution is 6.29. The Balaban J connectivity index is 1.74. The zero-order chi connectivity index (χ0) is 29.8. The number of nitrogens with two attached hydrogens (primary N) is 1. The van der Waals surface area contributed by atoms with Crippen LogP contribution in [0.4, 0.5) is 10.5 Å². The number of fused-ring (bicyclic) bond motifs is 3. The maximum atomic E-state index is 13.9. The Kier molecular flexibility index (Phi) is 7.88. The summed E-state index contributed by atoms with van der Waals surface area (Å²) in [7, 11) is 3.07. The lowest BCUT2D eigenvalue weighted by Crippen LogP contribution is -2.69. The van der Waals surface area contributed by atoms with E-state index in [2.05, 4.69) is 10.6 Å². The van der Waals surface area contributed by atoms with Crippen LogP contribution in [-0.4, -0.2) is 83.0 Å². The van der Waals surface area contributed by atoms with Crippen LogP contribution in [0.15, 0.2) is 12.1 Å². The standard InChI is InChI=1S/C28H36N4O8/c1-10(2)8-9-30-28(40)31-13-7-6-12-11(3)14-17(23(35)15(12)21(13)33)24(36)18-16(22(14)34)20(32(4)5)26(38)19(25(18)37)27(29)39/h6-7,10-11,14,16-20,22,33-34H,8-9H2,1-5H3,(H2,29,39)(H2,30,31,40)/t11-,14?,16?,17?,18?,19?,20-,22-/m0/s1. The summed E-state index contributed by atoms with van der Waals surface area (Å²) in [6, 6.07) is 1.25. The molecule has 2 fully saturated rings. The first-order valence-electron chi connectivity index (χ1n) is 13.4. The van der Waals surface area contributed by atoms with Gasteiger partial charge in [0.1, 0.15) is 5.75 Å². The lowest BCUT2D eigenvalue weighted by atomic mass is 9.51. The number of carbonyl (C=O) groups excluding carboxylic acids is 6. The van der Waals surface area contributed by atoms with Crippen LogP contribution < -0.4 is 16.4 Å². The van der Waals surface area contributed by atoms with Gasteiger partial charge in [0.05, 0.1) is 35.2 Å². The van der Waals surface area contributed by atoms with Crippen molar-refractivity contribution in [3.8, 4) is 5.75 Å². The molecule has 0 heterocycles. The van der Waals surface area contributed by atoms with Crippen LogP contribution >= 0.6 is 0 Å². The Bertz CT molecular complexity index is 1290. The highest BCUT2D eigenvalue weighted by Crippen LogP contribution is 2.53. The predicted molar refractivity (Wildman–Crippen MR) is 142 cm³/mol. The van der Waals surface area contributed by atoms with Crippen LogP contribution in [0.2, 0.25) is 0 Å². The van der Waals surface area contributed by atoms with Crippen LogP contribution in [0.5, 0.6) is 5.75 Å². The van der Waals surface area contributed by atoms with E-state index in [1.165, 1.54) is 25.1 Å². The molecule has 216 valence electrons. The molecule has 3 aliphatic rings. The van der Waals surface area contributed by atoms with Crippen molar-refractivity contribution in [1.82, 2.24) is 10.2 Å². The van der Waals surface area contributed by atoms with E-state index in [0.717, 1.165) is 6.42 Å².